The summed E-state index contributed by atoms with van der Waals surface area (Å²) < 4.78 is 16.1. The van der Waals surface area contributed by atoms with E-state index >= 15 is 0 Å². The lowest BCUT2D eigenvalue weighted by atomic mass is 10.1. The third-order valence-electron chi connectivity index (χ3n) is 4.89. The first-order valence-electron chi connectivity index (χ1n) is 10.2. The van der Waals surface area contributed by atoms with Crippen molar-refractivity contribution in [2.45, 2.75) is 20.1 Å². The second kappa shape index (κ2) is 10.1. The predicted molar refractivity (Wildman–Crippen MR) is 124 cm³/mol. The van der Waals surface area contributed by atoms with Crippen molar-refractivity contribution in [3.05, 3.63) is 98.0 Å². The molecule has 0 atom stereocenters. The van der Waals surface area contributed by atoms with Gasteiger partial charge in [0, 0.05) is 22.4 Å². The third kappa shape index (κ3) is 5.87. The lowest BCUT2D eigenvalue weighted by molar-refractivity contribution is -0.124. The predicted octanol–water partition coefficient (Wildman–Crippen LogP) is 4.22. The van der Waals surface area contributed by atoms with E-state index in [2.05, 4.69) is 5.32 Å². The number of aryl methyl sites for hydroxylation is 1. The largest absolute Gasteiger partial charge is 0.489 e. The molecule has 0 saturated carbocycles. The second-order valence-corrected chi connectivity index (χ2v) is 8.36. The molecule has 2 aromatic heterocycles. The van der Waals surface area contributed by atoms with Crippen molar-refractivity contribution < 1.29 is 23.5 Å². The highest BCUT2D eigenvalue weighted by Crippen LogP contribution is 2.23. The van der Waals surface area contributed by atoms with E-state index in [-0.39, 0.29) is 19.1 Å². The van der Waals surface area contributed by atoms with Gasteiger partial charge >= 0.3 is 11.6 Å². The maximum Gasteiger partial charge on any atom is 0.338 e. The number of benzene rings is 2. The van der Waals surface area contributed by atoms with Gasteiger partial charge in [-0.2, -0.15) is 0 Å². The van der Waals surface area contributed by atoms with Crippen LogP contribution in [0.5, 0.6) is 5.75 Å². The minimum atomic E-state index is -0.575. The number of fused-ring (bicyclic) bond motifs is 1. The number of thiophene rings is 1. The second-order valence-electron chi connectivity index (χ2n) is 7.32. The fraction of sp³-hybridized carbons (Fsp3) is 0.160. The van der Waals surface area contributed by atoms with E-state index in [0.29, 0.717) is 23.4 Å². The van der Waals surface area contributed by atoms with Crippen LogP contribution in [0.25, 0.3) is 11.0 Å². The Bertz CT molecular complexity index is 1330. The van der Waals surface area contributed by atoms with Crippen molar-refractivity contribution in [2.75, 3.05) is 6.61 Å². The van der Waals surface area contributed by atoms with Gasteiger partial charge in [-0.1, -0.05) is 18.2 Å². The van der Waals surface area contributed by atoms with Gasteiger partial charge in [-0.3, -0.25) is 4.79 Å². The molecular formula is C25H21NO6S. The van der Waals surface area contributed by atoms with E-state index in [9.17, 15) is 14.4 Å². The average molecular weight is 464 g/mol. The van der Waals surface area contributed by atoms with Gasteiger partial charge in [-0.05, 0) is 53.8 Å². The topological polar surface area (TPSA) is 94.8 Å². The summed E-state index contributed by atoms with van der Waals surface area (Å²) in [5.74, 6) is -0.370. The fourth-order valence-electron chi connectivity index (χ4n) is 3.16. The van der Waals surface area contributed by atoms with E-state index in [1.54, 1.807) is 41.7 Å². The molecule has 168 valence electrons. The highest BCUT2D eigenvalue weighted by Gasteiger charge is 2.11. The summed E-state index contributed by atoms with van der Waals surface area (Å²) in [7, 11) is 0. The normalized spacial score (nSPS) is 10.7. The molecule has 4 aromatic rings. The van der Waals surface area contributed by atoms with Gasteiger partial charge < -0.3 is 19.2 Å². The van der Waals surface area contributed by atoms with Gasteiger partial charge in [0.2, 0.25) is 0 Å². The van der Waals surface area contributed by atoms with Gasteiger partial charge in [-0.25, -0.2) is 9.59 Å². The van der Waals surface area contributed by atoms with Crippen LogP contribution in [0, 0.1) is 6.92 Å². The van der Waals surface area contributed by atoms with Crippen LogP contribution in [0.4, 0.5) is 0 Å². The summed E-state index contributed by atoms with van der Waals surface area (Å²) >= 11 is 1.54. The van der Waals surface area contributed by atoms with E-state index in [1.807, 2.05) is 36.6 Å². The Labute approximate surface area is 193 Å². The van der Waals surface area contributed by atoms with E-state index in [1.165, 1.54) is 6.07 Å². The number of amides is 1. The van der Waals surface area contributed by atoms with E-state index in [0.717, 1.165) is 21.4 Å². The SMILES string of the molecule is Cc1cc(=O)oc2cc(OCc3ccc(C(=O)OCC(=O)NCc4cccs4)cc3)ccc12. The number of nitrogens with one attached hydrogen (secondary N) is 1. The lowest BCUT2D eigenvalue weighted by Gasteiger charge is -2.09. The van der Waals surface area contributed by atoms with Crippen LogP contribution in [-0.4, -0.2) is 18.5 Å². The molecule has 0 spiro atoms. The molecule has 1 N–H and O–H groups in total. The highest BCUT2D eigenvalue weighted by atomic mass is 32.1. The van der Waals surface area contributed by atoms with Crippen LogP contribution >= 0.6 is 11.3 Å². The maximum atomic E-state index is 12.2. The minimum absolute atomic E-state index is 0.266. The van der Waals surface area contributed by atoms with Crippen LogP contribution in [0.1, 0.15) is 26.4 Å². The van der Waals surface area contributed by atoms with Crippen LogP contribution in [0.2, 0.25) is 0 Å². The Balaban J connectivity index is 1.28. The number of carbonyl (C=O) groups is 2. The van der Waals surface area contributed by atoms with Crippen LogP contribution in [-0.2, 0) is 22.7 Å². The quantitative estimate of drug-likeness (QED) is 0.311. The van der Waals surface area contributed by atoms with Gasteiger partial charge in [0.15, 0.2) is 6.61 Å². The number of hydrogen-bond acceptors (Lipinski definition) is 7. The van der Waals surface area contributed by atoms with Crippen molar-refractivity contribution in [3.8, 4) is 5.75 Å². The number of rotatable bonds is 8. The van der Waals surface area contributed by atoms with E-state index in [4.69, 9.17) is 13.9 Å². The van der Waals surface area contributed by atoms with Crippen LogP contribution < -0.4 is 15.7 Å². The summed E-state index contributed by atoms with van der Waals surface area (Å²) in [5.41, 5.74) is 2.09. The first-order chi connectivity index (χ1) is 16.0. The van der Waals surface area contributed by atoms with Crippen molar-refractivity contribution in [1.82, 2.24) is 5.32 Å². The van der Waals surface area contributed by atoms with Gasteiger partial charge in [0.05, 0.1) is 12.1 Å². The highest BCUT2D eigenvalue weighted by molar-refractivity contribution is 7.09. The molecule has 0 saturated heterocycles. The van der Waals surface area contributed by atoms with Crippen LogP contribution in [0.15, 0.2) is 75.3 Å². The van der Waals surface area contributed by atoms with Crippen molar-refractivity contribution in [2.24, 2.45) is 0 Å². The molecule has 2 heterocycles. The molecule has 0 radical (unpaired) electrons. The zero-order valence-electron chi connectivity index (χ0n) is 17.8. The number of ether oxygens (including phenoxy) is 2. The molecule has 7 nitrogen and oxygen atoms in total. The lowest BCUT2D eigenvalue weighted by Crippen LogP contribution is -2.28. The molecule has 0 aliphatic rings. The van der Waals surface area contributed by atoms with E-state index < -0.39 is 11.6 Å². The molecular weight excluding hydrogens is 442 g/mol. The fourth-order valence-corrected chi connectivity index (χ4v) is 3.81. The minimum Gasteiger partial charge on any atom is -0.489 e. The molecule has 0 bridgehead atoms. The van der Waals surface area contributed by atoms with Crippen molar-refractivity contribution in [3.63, 3.8) is 0 Å². The van der Waals surface area contributed by atoms with Crippen LogP contribution in [0.3, 0.4) is 0 Å². The van der Waals surface area contributed by atoms with Gasteiger partial charge in [0.25, 0.3) is 5.91 Å². The number of hydrogen-bond donors (Lipinski definition) is 1. The third-order valence-corrected chi connectivity index (χ3v) is 5.77. The summed E-state index contributed by atoms with van der Waals surface area (Å²) in [6.45, 7) is 2.18. The molecule has 0 aliphatic carbocycles. The monoisotopic (exact) mass is 463 g/mol. The zero-order valence-corrected chi connectivity index (χ0v) is 18.6. The molecule has 1 amide bonds. The standard InChI is InChI=1S/C25H21NO6S/c1-16-11-24(28)32-22-12-19(8-9-21(16)22)30-14-17-4-6-18(7-5-17)25(29)31-15-23(27)26-13-20-3-2-10-33-20/h2-12H,13-15H2,1H3,(H,26,27). The molecule has 0 unspecified atom stereocenters. The Kier molecular flexibility index (Phi) is 6.85. The molecule has 33 heavy (non-hydrogen) atoms. The summed E-state index contributed by atoms with van der Waals surface area (Å²) in [6.07, 6.45) is 0. The van der Waals surface area contributed by atoms with Crippen molar-refractivity contribution >= 4 is 34.2 Å². The summed E-state index contributed by atoms with van der Waals surface area (Å²) in [5, 5.41) is 5.48. The number of esters is 1. The summed E-state index contributed by atoms with van der Waals surface area (Å²) in [4.78, 5) is 36.6. The smallest absolute Gasteiger partial charge is 0.338 e. The Morgan fingerprint density at radius 2 is 1.88 bits per heavy atom. The average Bonchev–Trinajstić information content (AvgIpc) is 3.33. The number of carbonyl (C=O) groups excluding carboxylic acids is 2. The molecule has 4 rings (SSSR count). The molecule has 0 aliphatic heterocycles. The van der Waals surface area contributed by atoms with Crippen molar-refractivity contribution in [1.29, 1.82) is 0 Å². The Morgan fingerprint density at radius 1 is 1.06 bits per heavy atom. The molecule has 8 heteroatoms. The first-order valence-corrected chi connectivity index (χ1v) is 11.1. The molecule has 2 aromatic carbocycles. The Hall–Kier alpha value is -3.91. The zero-order chi connectivity index (χ0) is 23.2. The summed E-state index contributed by atoms with van der Waals surface area (Å²) in [6, 6.07) is 17.3. The first kappa shape index (κ1) is 22.3. The Morgan fingerprint density at radius 3 is 2.64 bits per heavy atom. The van der Waals surface area contributed by atoms with Gasteiger partial charge in [-0.15, -0.1) is 11.3 Å². The molecule has 0 fully saturated rings. The maximum absolute atomic E-state index is 12.2. The van der Waals surface area contributed by atoms with Gasteiger partial charge in [0.1, 0.15) is 17.9 Å².